The zero-order chi connectivity index (χ0) is 14.9. The first kappa shape index (κ1) is 14.3. The van der Waals surface area contributed by atoms with Crippen molar-refractivity contribution < 1.29 is 9.53 Å². The van der Waals surface area contributed by atoms with E-state index in [2.05, 4.69) is 10.1 Å². The molecular formula is C13H14ClN3O3. The zero-order valence-electron chi connectivity index (χ0n) is 11.3. The summed E-state index contributed by atoms with van der Waals surface area (Å²) in [5.74, 6) is -0.833. The van der Waals surface area contributed by atoms with Crippen molar-refractivity contribution in [3.63, 3.8) is 0 Å². The monoisotopic (exact) mass is 295 g/mol. The summed E-state index contributed by atoms with van der Waals surface area (Å²) < 4.78 is 6.20. The minimum Gasteiger partial charge on any atom is -0.454 e. The summed E-state index contributed by atoms with van der Waals surface area (Å²) in [5, 5.41) is 4.39. The van der Waals surface area contributed by atoms with E-state index >= 15 is 0 Å². The number of hydrogen-bond acceptors (Lipinski definition) is 4. The fraction of sp³-hybridized carbons (Fsp3) is 0.308. The van der Waals surface area contributed by atoms with Crippen molar-refractivity contribution in [1.82, 2.24) is 14.8 Å². The molecule has 1 aromatic carbocycles. The second-order valence-electron chi connectivity index (χ2n) is 5.17. The molecule has 0 amide bonds. The Morgan fingerprint density at radius 2 is 2.10 bits per heavy atom. The summed E-state index contributed by atoms with van der Waals surface area (Å²) in [6, 6.07) is 6.60. The third-order valence-electron chi connectivity index (χ3n) is 2.26. The molecule has 1 heterocycles. The fourth-order valence-corrected chi connectivity index (χ4v) is 1.71. The van der Waals surface area contributed by atoms with Gasteiger partial charge in [0.2, 0.25) is 5.82 Å². The molecule has 106 valence electrons. The number of halogens is 1. The number of benzene rings is 1. The number of nitrogens with one attached hydrogen (secondary N) is 1. The van der Waals surface area contributed by atoms with Crippen molar-refractivity contribution in [3.8, 4) is 5.69 Å². The topological polar surface area (TPSA) is 77.0 Å². The van der Waals surface area contributed by atoms with Gasteiger partial charge in [0.15, 0.2) is 0 Å². The predicted octanol–water partition coefficient (Wildman–Crippen LogP) is 2.17. The summed E-state index contributed by atoms with van der Waals surface area (Å²) in [7, 11) is 0. The van der Waals surface area contributed by atoms with Crippen molar-refractivity contribution in [2.24, 2.45) is 0 Å². The molecule has 0 radical (unpaired) electrons. The molecule has 1 N–H and O–H groups in total. The third kappa shape index (κ3) is 3.27. The van der Waals surface area contributed by atoms with Crippen LogP contribution in [0.25, 0.3) is 5.69 Å². The number of ether oxygens (including phenoxy) is 1. The standard InChI is InChI=1S/C13H14ClN3O3/c1-13(2,3)20-11(18)10-15-12(19)17(16-10)9-6-4-5-8(14)7-9/h4-7H,1-3H3,(H,15,16,19). The van der Waals surface area contributed by atoms with Crippen LogP contribution in [0.5, 0.6) is 0 Å². The third-order valence-corrected chi connectivity index (χ3v) is 2.50. The van der Waals surface area contributed by atoms with Crippen LogP contribution in [-0.2, 0) is 4.74 Å². The maximum atomic E-state index is 11.8. The molecule has 0 saturated carbocycles. The van der Waals surface area contributed by atoms with Crippen LogP contribution in [0.4, 0.5) is 0 Å². The van der Waals surface area contributed by atoms with Crippen molar-refractivity contribution >= 4 is 17.6 Å². The van der Waals surface area contributed by atoms with Crippen molar-refractivity contribution in [3.05, 3.63) is 45.6 Å². The van der Waals surface area contributed by atoms with Crippen LogP contribution >= 0.6 is 11.6 Å². The van der Waals surface area contributed by atoms with Crippen LogP contribution in [0.15, 0.2) is 29.1 Å². The smallest absolute Gasteiger partial charge is 0.376 e. The Balaban J connectivity index is 2.35. The molecule has 0 unspecified atom stereocenters. The zero-order valence-corrected chi connectivity index (χ0v) is 12.1. The number of carbonyl (C=O) groups excluding carboxylic acids is 1. The quantitative estimate of drug-likeness (QED) is 0.861. The highest BCUT2D eigenvalue weighted by molar-refractivity contribution is 6.30. The van der Waals surface area contributed by atoms with Crippen LogP contribution in [0.3, 0.4) is 0 Å². The maximum Gasteiger partial charge on any atom is 0.376 e. The van der Waals surface area contributed by atoms with Crippen LogP contribution in [-0.4, -0.2) is 26.3 Å². The molecule has 0 saturated heterocycles. The van der Waals surface area contributed by atoms with E-state index in [4.69, 9.17) is 16.3 Å². The lowest BCUT2D eigenvalue weighted by atomic mass is 10.2. The summed E-state index contributed by atoms with van der Waals surface area (Å²) in [4.78, 5) is 26.0. The number of nitrogens with zero attached hydrogens (tertiary/aromatic N) is 2. The Bertz CT molecular complexity index is 697. The van der Waals surface area contributed by atoms with E-state index in [1.165, 1.54) is 0 Å². The van der Waals surface area contributed by atoms with Crippen molar-refractivity contribution in [1.29, 1.82) is 0 Å². The number of carbonyl (C=O) groups is 1. The molecule has 0 atom stereocenters. The van der Waals surface area contributed by atoms with Crippen molar-refractivity contribution in [2.75, 3.05) is 0 Å². The Morgan fingerprint density at radius 3 is 2.70 bits per heavy atom. The first-order valence-electron chi connectivity index (χ1n) is 5.95. The van der Waals surface area contributed by atoms with E-state index in [1.54, 1.807) is 45.0 Å². The van der Waals surface area contributed by atoms with E-state index in [0.717, 1.165) is 4.68 Å². The molecule has 0 aliphatic carbocycles. The van der Waals surface area contributed by atoms with E-state index in [1.807, 2.05) is 0 Å². The Hall–Kier alpha value is -2.08. The summed E-state index contributed by atoms with van der Waals surface area (Å²) in [6.45, 7) is 5.20. The van der Waals surface area contributed by atoms with E-state index in [9.17, 15) is 9.59 Å². The molecule has 0 fully saturated rings. The maximum absolute atomic E-state index is 11.8. The highest BCUT2D eigenvalue weighted by Crippen LogP contribution is 2.13. The molecule has 0 aliphatic heterocycles. The number of aromatic amines is 1. The van der Waals surface area contributed by atoms with Gasteiger partial charge in [0.1, 0.15) is 5.60 Å². The molecule has 7 heteroatoms. The molecule has 1 aromatic heterocycles. The molecule has 20 heavy (non-hydrogen) atoms. The molecule has 0 spiro atoms. The largest absolute Gasteiger partial charge is 0.454 e. The van der Waals surface area contributed by atoms with Gasteiger partial charge in [0.25, 0.3) is 0 Å². The lowest BCUT2D eigenvalue weighted by Crippen LogP contribution is -2.24. The number of H-pyrrole nitrogens is 1. The van der Waals surface area contributed by atoms with E-state index in [-0.39, 0.29) is 5.82 Å². The van der Waals surface area contributed by atoms with E-state index < -0.39 is 17.3 Å². The van der Waals surface area contributed by atoms with Gasteiger partial charge in [-0.2, -0.15) is 4.68 Å². The van der Waals surface area contributed by atoms with Gasteiger partial charge in [-0.05, 0) is 39.0 Å². The second kappa shape index (κ2) is 5.13. The Kier molecular flexibility index (Phi) is 3.67. The first-order chi connectivity index (χ1) is 9.26. The summed E-state index contributed by atoms with van der Waals surface area (Å²) in [5.41, 5.74) is -0.727. The Labute approximate surface area is 120 Å². The SMILES string of the molecule is CC(C)(C)OC(=O)c1nn(-c2cccc(Cl)c2)c(=O)[nH]1. The average Bonchev–Trinajstić information content (AvgIpc) is 2.69. The Morgan fingerprint density at radius 1 is 1.40 bits per heavy atom. The lowest BCUT2D eigenvalue weighted by molar-refractivity contribution is 0.00557. The lowest BCUT2D eigenvalue weighted by Gasteiger charge is -2.18. The van der Waals surface area contributed by atoms with Gasteiger partial charge in [0.05, 0.1) is 5.69 Å². The van der Waals surface area contributed by atoms with Gasteiger partial charge in [0, 0.05) is 5.02 Å². The number of hydrogen-bond donors (Lipinski definition) is 1. The number of esters is 1. The summed E-state index contributed by atoms with van der Waals surface area (Å²) in [6.07, 6.45) is 0. The molecule has 0 aliphatic rings. The summed E-state index contributed by atoms with van der Waals surface area (Å²) >= 11 is 5.86. The molecule has 6 nitrogen and oxygen atoms in total. The molecule has 2 aromatic rings. The van der Waals surface area contributed by atoms with E-state index in [0.29, 0.717) is 10.7 Å². The highest BCUT2D eigenvalue weighted by Gasteiger charge is 2.22. The minimum absolute atomic E-state index is 0.148. The average molecular weight is 296 g/mol. The van der Waals surface area contributed by atoms with Gasteiger partial charge in [-0.3, -0.25) is 4.98 Å². The van der Waals surface area contributed by atoms with Crippen LogP contribution in [0.1, 0.15) is 31.4 Å². The van der Waals surface area contributed by atoms with Gasteiger partial charge in [-0.15, -0.1) is 5.10 Å². The molecular weight excluding hydrogens is 282 g/mol. The molecule has 0 bridgehead atoms. The van der Waals surface area contributed by atoms with Gasteiger partial charge < -0.3 is 4.74 Å². The normalized spacial score (nSPS) is 11.4. The minimum atomic E-state index is -0.685. The number of aromatic nitrogens is 3. The van der Waals surface area contributed by atoms with Crippen LogP contribution < -0.4 is 5.69 Å². The van der Waals surface area contributed by atoms with Crippen LogP contribution in [0, 0.1) is 0 Å². The van der Waals surface area contributed by atoms with Gasteiger partial charge >= 0.3 is 11.7 Å². The van der Waals surface area contributed by atoms with Crippen LogP contribution in [0.2, 0.25) is 5.02 Å². The second-order valence-corrected chi connectivity index (χ2v) is 5.61. The highest BCUT2D eigenvalue weighted by atomic mass is 35.5. The fourth-order valence-electron chi connectivity index (χ4n) is 1.53. The molecule has 2 rings (SSSR count). The predicted molar refractivity (Wildman–Crippen MR) is 74.4 cm³/mol. The van der Waals surface area contributed by atoms with Gasteiger partial charge in [-0.1, -0.05) is 17.7 Å². The number of rotatable bonds is 2. The van der Waals surface area contributed by atoms with Crippen molar-refractivity contribution in [2.45, 2.75) is 26.4 Å². The van der Waals surface area contributed by atoms with Gasteiger partial charge in [-0.25, -0.2) is 9.59 Å². The first-order valence-corrected chi connectivity index (χ1v) is 6.33.